The highest BCUT2D eigenvalue weighted by Crippen LogP contribution is 2.31. The van der Waals surface area contributed by atoms with E-state index in [-0.39, 0.29) is 28.3 Å². The molecular weight excluding hydrogens is 536 g/mol. The molecule has 0 spiro atoms. The highest BCUT2D eigenvalue weighted by Gasteiger charge is 2.26. The number of halogens is 1. The lowest BCUT2D eigenvalue weighted by atomic mass is 9.99. The first-order chi connectivity index (χ1) is 17.7. The van der Waals surface area contributed by atoms with Crippen molar-refractivity contribution in [2.45, 2.75) is 37.7 Å². The van der Waals surface area contributed by atoms with Crippen molar-refractivity contribution in [3.63, 3.8) is 0 Å². The second kappa shape index (κ2) is 11.1. The lowest BCUT2D eigenvalue weighted by Gasteiger charge is -2.20. The summed E-state index contributed by atoms with van der Waals surface area (Å²) in [6.45, 7) is 4.80. The third-order valence-corrected chi connectivity index (χ3v) is 6.76. The maximum Gasteiger partial charge on any atom is 0.342 e. The Morgan fingerprint density at radius 2 is 1.63 bits per heavy atom. The van der Waals surface area contributed by atoms with E-state index < -0.39 is 49.8 Å². The number of carboxylic acid groups (broad SMARTS) is 1. The Morgan fingerprint density at radius 1 is 0.974 bits per heavy atom. The molecule has 2 amide bonds. The van der Waals surface area contributed by atoms with Crippen LogP contribution >= 0.6 is 11.6 Å². The first kappa shape index (κ1) is 28.5. The number of benzene rings is 3. The molecule has 38 heavy (non-hydrogen) atoms. The molecule has 0 unspecified atom stereocenters. The Kier molecular flexibility index (Phi) is 8.33. The lowest BCUT2D eigenvalue weighted by molar-refractivity contribution is 0.00662. The number of aromatic hydroxyl groups is 1. The van der Waals surface area contributed by atoms with E-state index >= 15 is 0 Å². The van der Waals surface area contributed by atoms with Gasteiger partial charge in [0.05, 0.1) is 16.1 Å². The van der Waals surface area contributed by atoms with Crippen LogP contribution in [-0.2, 0) is 21.2 Å². The highest BCUT2D eigenvalue weighted by atomic mass is 35.5. The van der Waals surface area contributed by atoms with Crippen LogP contribution in [0.15, 0.2) is 65.6 Å². The average molecular weight is 561 g/mol. The molecule has 12 heteroatoms. The fourth-order valence-corrected chi connectivity index (χ4v) is 4.57. The smallest absolute Gasteiger partial charge is 0.342 e. The number of aromatic carboxylic acids is 1. The van der Waals surface area contributed by atoms with E-state index in [9.17, 15) is 33.0 Å². The summed E-state index contributed by atoms with van der Waals surface area (Å²) in [6, 6.07) is 13.0. The SMILES string of the molecule is CC(C)(C)OC(=O)c1cc(S(=O)(=O)NC(=O)Nc2c(C(=O)O)ccc(Cl)c2Cc2ccccc2)ccc1O. The lowest BCUT2D eigenvalue weighted by Crippen LogP contribution is -2.35. The van der Waals surface area contributed by atoms with Gasteiger partial charge in [-0.25, -0.2) is 27.5 Å². The van der Waals surface area contributed by atoms with Gasteiger partial charge in [0.2, 0.25) is 0 Å². The number of nitrogens with one attached hydrogen (secondary N) is 2. The summed E-state index contributed by atoms with van der Waals surface area (Å²) in [5.41, 5.74) is -0.774. The number of phenolic OH excluding ortho intramolecular Hbond substituents is 1. The number of carboxylic acids is 1. The average Bonchev–Trinajstić information content (AvgIpc) is 2.80. The van der Waals surface area contributed by atoms with Crippen molar-refractivity contribution < 1.29 is 37.8 Å². The van der Waals surface area contributed by atoms with Crippen LogP contribution in [0, 0.1) is 0 Å². The molecule has 4 N–H and O–H groups in total. The molecule has 0 aliphatic rings. The molecule has 0 heterocycles. The molecule has 3 rings (SSSR count). The Morgan fingerprint density at radius 3 is 2.24 bits per heavy atom. The van der Waals surface area contributed by atoms with Crippen LogP contribution in [0.2, 0.25) is 5.02 Å². The minimum Gasteiger partial charge on any atom is -0.507 e. The maximum atomic E-state index is 12.9. The monoisotopic (exact) mass is 560 g/mol. The fraction of sp³-hybridized carbons (Fsp3) is 0.192. The van der Waals surface area contributed by atoms with Gasteiger partial charge in [-0.05, 0) is 62.2 Å². The minimum atomic E-state index is -4.57. The number of hydrogen-bond donors (Lipinski definition) is 4. The maximum absolute atomic E-state index is 12.9. The number of carbonyl (C=O) groups is 3. The molecule has 0 saturated heterocycles. The van der Waals surface area contributed by atoms with Crippen molar-refractivity contribution in [2.75, 3.05) is 5.32 Å². The van der Waals surface area contributed by atoms with Gasteiger partial charge in [-0.1, -0.05) is 41.9 Å². The van der Waals surface area contributed by atoms with Crippen molar-refractivity contribution in [1.82, 2.24) is 4.72 Å². The largest absolute Gasteiger partial charge is 0.507 e. The van der Waals surface area contributed by atoms with E-state index in [0.29, 0.717) is 0 Å². The van der Waals surface area contributed by atoms with Crippen LogP contribution < -0.4 is 10.0 Å². The third-order valence-electron chi connectivity index (χ3n) is 5.07. The first-order valence-corrected chi connectivity index (χ1v) is 13.0. The van der Waals surface area contributed by atoms with Crippen LogP contribution in [0.4, 0.5) is 10.5 Å². The third kappa shape index (κ3) is 7.02. The topological polar surface area (TPSA) is 159 Å². The molecule has 0 atom stereocenters. The van der Waals surface area contributed by atoms with Crippen LogP contribution in [0.5, 0.6) is 5.75 Å². The normalized spacial score (nSPS) is 11.5. The van der Waals surface area contributed by atoms with Crippen molar-refractivity contribution in [3.8, 4) is 5.75 Å². The number of carbonyl (C=O) groups excluding carboxylic acids is 2. The van der Waals surface area contributed by atoms with Crippen LogP contribution in [0.3, 0.4) is 0 Å². The molecule has 0 aliphatic carbocycles. The standard InChI is InChI=1S/C26H25ClN2O8S/c1-26(2,3)37-24(33)19-14-16(9-12-21(19)30)38(35,36)29-25(34)28-22-17(23(31)32)10-11-20(27)18(22)13-15-7-5-4-6-8-15/h4-12,14,30H,13H2,1-3H3,(H,31,32)(H2,28,29,34). The van der Waals surface area contributed by atoms with Crippen LogP contribution in [0.1, 0.15) is 52.6 Å². The van der Waals surface area contributed by atoms with E-state index in [1.54, 1.807) is 55.8 Å². The zero-order valence-electron chi connectivity index (χ0n) is 20.6. The second-order valence-electron chi connectivity index (χ2n) is 9.16. The van der Waals surface area contributed by atoms with E-state index in [4.69, 9.17) is 16.3 Å². The van der Waals surface area contributed by atoms with Crippen LogP contribution in [-0.4, -0.2) is 42.2 Å². The van der Waals surface area contributed by atoms with Gasteiger partial charge in [-0.15, -0.1) is 0 Å². The van der Waals surface area contributed by atoms with Gasteiger partial charge in [-0.2, -0.15) is 0 Å². The molecule has 200 valence electrons. The Balaban J connectivity index is 1.92. The summed E-state index contributed by atoms with van der Waals surface area (Å²) in [4.78, 5) is 36.5. The quantitative estimate of drug-likeness (QED) is 0.300. The minimum absolute atomic E-state index is 0.153. The summed E-state index contributed by atoms with van der Waals surface area (Å²) >= 11 is 6.33. The Labute approximate surface area is 224 Å². The molecule has 0 saturated carbocycles. The molecule has 10 nitrogen and oxygen atoms in total. The number of rotatable bonds is 7. The zero-order valence-corrected chi connectivity index (χ0v) is 22.2. The molecule has 0 aliphatic heterocycles. The van der Waals surface area contributed by atoms with Gasteiger partial charge in [0.25, 0.3) is 10.0 Å². The fourth-order valence-electron chi connectivity index (χ4n) is 3.42. The first-order valence-electron chi connectivity index (χ1n) is 11.2. The highest BCUT2D eigenvalue weighted by molar-refractivity contribution is 7.90. The Bertz CT molecular complexity index is 1500. The summed E-state index contributed by atoms with van der Waals surface area (Å²) in [7, 11) is -4.57. The van der Waals surface area contributed by atoms with Gasteiger partial charge in [0.1, 0.15) is 16.9 Å². The van der Waals surface area contributed by atoms with Gasteiger partial charge < -0.3 is 20.3 Å². The number of anilines is 1. The molecule has 0 aromatic heterocycles. The van der Waals surface area contributed by atoms with Crippen molar-refractivity contribution in [1.29, 1.82) is 0 Å². The number of phenols is 1. The van der Waals surface area contributed by atoms with E-state index in [1.165, 1.54) is 12.1 Å². The molecule has 0 fully saturated rings. The van der Waals surface area contributed by atoms with E-state index in [1.807, 2.05) is 0 Å². The molecule has 3 aromatic carbocycles. The predicted octanol–water partition coefficient (Wildman–Crippen LogP) is 4.80. The molecule has 0 radical (unpaired) electrons. The summed E-state index contributed by atoms with van der Waals surface area (Å²) in [6.07, 6.45) is 0.153. The molecule has 0 bridgehead atoms. The van der Waals surface area contributed by atoms with Crippen molar-refractivity contribution >= 4 is 45.3 Å². The summed E-state index contributed by atoms with van der Waals surface area (Å²) < 4.78 is 32.8. The molecule has 3 aromatic rings. The number of amides is 2. The summed E-state index contributed by atoms with van der Waals surface area (Å²) in [5, 5.41) is 22.2. The number of urea groups is 1. The van der Waals surface area contributed by atoms with Crippen LogP contribution in [0.25, 0.3) is 0 Å². The predicted molar refractivity (Wildman–Crippen MR) is 140 cm³/mol. The van der Waals surface area contributed by atoms with E-state index in [0.717, 1.165) is 23.8 Å². The number of ether oxygens (including phenoxy) is 1. The second-order valence-corrected chi connectivity index (χ2v) is 11.2. The van der Waals surface area contributed by atoms with Gasteiger partial charge in [-0.3, -0.25) is 0 Å². The van der Waals surface area contributed by atoms with E-state index in [2.05, 4.69) is 5.32 Å². The van der Waals surface area contributed by atoms with Crippen molar-refractivity contribution in [3.05, 3.63) is 87.9 Å². The van der Waals surface area contributed by atoms with Gasteiger partial charge in [0, 0.05) is 11.4 Å². The number of hydrogen-bond acceptors (Lipinski definition) is 7. The van der Waals surface area contributed by atoms with Gasteiger partial charge >= 0.3 is 18.0 Å². The molecular formula is C26H25ClN2O8S. The summed E-state index contributed by atoms with van der Waals surface area (Å²) in [5.74, 6) is -2.85. The number of sulfonamides is 1. The van der Waals surface area contributed by atoms with Gasteiger partial charge in [0.15, 0.2) is 0 Å². The Hall–Kier alpha value is -4.09. The van der Waals surface area contributed by atoms with Crippen molar-refractivity contribution in [2.24, 2.45) is 0 Å². The number of esters is 1. The zero-order chi connectivity index (χ0) is 28.3.